The summed E-state index contributed by atoms with van der Waals surface area (Å²) in [6.45, 7) is 8.45. The molecular formula is C76H109F3N12O12. The number of rotatable bonds is 16. The maximum Gasteiger partial charge on any atom is 0.490 e. The molecule has 8 aliphatic carbocycles. The third-order valence-electron chi connectivity index (χ3n) is 23.5. The molecule has 0 spiro atoms. The normalized spacial score (nSPS) is 34.1. The first kappa shape index (κ1) is 77.9. The summed E-state index contributed by atoms with van der Waals surface area (Å²) in [5.41, 5.74) is 12.4. The summed E-state index contributed by atoms with van der Waals surface area (Å²) in [5.74, 6) is -6.53. The van der Waals surface area contributed by atoms with Crippen LogP contribution in [-0.4, -0.2) is 173 Å². The van der Waals surface area contributed by atoms with Crippen molar-refractivity contribution in [2.45, 2.75) is 248 Å². The number of aliphatic carboxylic acids is 1. The molecule has 13 N–H and O–H groups in total. The standard InChI is InChI=1S/C74H108N12O10.C2HF3O2/c1-43(2)27-55-65(89)81-57(35-45-15-7-5-8-16-45)71(95)85-25-13-21-59(85)67(91)84-62(74-40-50-32-51(41-74)34-52(33-50)42-74)70(94)78-54(20-12-24-76)64(88)80-56(28-44(3)4)66(90)82-58(36-46-17-9-6-10-18-46)72(96)86-26-14-22-60(86)68(92)83-61(69(93)77-53(19-11-23-75)63(87)79-55)73-37-47-29-48(38-73)31-49(30-47)39-73;3-2(4,5)1(6)7/h5-10,15-18,43-44,47-62H,11-14,19-42,75-76H2,1-4H3,(H,77,93)(H,78,94)(H,79,87)(H,80,88)(H,81,89)(H,82,90)(H,83,92)(H,84,91);(H,6,7)/t47?,48?,49?,50?,51?,52?,53-,54-,55-,56-,57+,58+,59-,60-,61?,62?,73?,74?;/m0./s1. The minimum Gasteiger partial charge on any atom is -0.475 e. The van der Waals surface area contributed by atoms with Gasteiger partial charge in [0.15, 0.2) is 0 Å². The van der Waals surface area contributed by atoms with Crippen LogP contribution in [0.25, 0.3) is 0 Å². The fourth-order valence-electron chi connectivity index (χ4n) is 19.8. The van der Waals surface area contributed by atoms with Gasteiger partial charge in [0.1, 0.15) is 60.4 Å². The van der Waals surface area contributed by atoms with Crippen molar-refractivity contribution in [3.8, 4) is 0 Å². The summed E-state index contributed by atoms with van der Waals surface area (Å²) in [4.78, 5) is 165. The van der Waals surface area contributed by atoms with Gasteiger partial charge in [0, 0.05) is 36.8 Å². The Kier molecular flexibility index (Phi) is 25.8. The lowest BCUT2D eigenvalue weighted by atomic mass is 9.47. The lowest BCUT2D eigenvalue weighted by molar-refractivity contribution is -0.192. The van der Waals surface area contributed by atoms with Gasteiger partial charge in [0.05, 0.1) is 0 Å². The quantitative estimate of drug-likeness (QED) is 0.106. The van der Waals surface area contributed by atoms with Crippen LogP contribution < -0.4 is 54.0 Å². The minimum atomic E-state index is -5.08. The number of carbonyl (C=O) groups is 11. The van der Waals surface area contributed by atoms with E-state index >= 15 is 47.9 Å². The molecule has 103 heavy (non-hydrogen) atoms. The highest BCUT2D eigenvalue weighted by Crippen LogP contribution is 2.63. The van der Waals surface area contributed by atoms with Crippen LogP contribution in [0, 0.1) is 58.2 Å². The number of nitrogens with zero attached hydrogens (tertiary/aromatic N) is 2. The van der Waals surface area contributed by atoms with Crippen LogP contribution in [0.3, 0.4) is 0 Å². The van der Waals surface area contributed by atoms with E-state index in [0.29, 0.717) is 99.7 Å². The predicted molar refractivity (Wildman–Crippen MR) is 376 cm³/mol. The van der Waals surface area contributed by atoms with E-state index < -0.39 is 142 Å². The molecule has 8 saturated carbocycles. The molecule has 2 unspecified atom stereocenters. The summed E-state index contributed by atoms with van der Waals surface area (Å²) in [6, 6.07) is 7.08. The smallest absolute Gasteiger partial charge is 0.475 e. The second kappa shape index (κ2) is 34.0. The highest BCUT2D eigenvalue weighted by atomic mass is 19.4. The van der Waals surface area contributed by atoms with Gasteiger partial charge in [0.25, 0.3) is 0 Å². The second-order valence-electron chi connectivity index (χ2n) is 32.5. The molecule has 3 heterocycles. The second-order valence-corrected chi connectivity index (χ2v) is 32.5. The van der Waals surface area contributed by atoms with Crippen LogP contribution in [0.1, 0.15) is 180 Å². The Labute approximate surface area is 601 Å². The van der Waals surface area contributed by atoms with E-state index in [9.17, 15) is 13.2 Å². The number of halogens is 3. The summed E-state index contributed by atoms with van der Waals surface area (Å²) in [6.07, 6.45) is 8.21. The molecule has 0 aromatic heterocycles. The lowest BCUT2D eigenvalue weighted by Gasteiger charge is -2.59. The number of carboxylic acids is 1. The molecule has 13 rings (SSSR count). The average molecular weight is 1440 g/mol. The SMILES string of the molecule is CC(C)C[C@@H]1NC(=O)[C@H](CCCN)NC(=O)C(C23CC4CC(CC(C4)C2)C3)NC(=O)[C@@H]2CCCN2C(=O)[C@@H](Cc2ccccc2)NC(=O)[C@H](CC(C)C)NC(=O)[C@H](CCCN)NC(=O)C(C23CC4CC(CC(C4)C2)C3)NC(=O)[C@@H]2CCCN2C(=O)[C@@H](Cc2ccccc2)NC1=O.O=C(O)C(F)(F)F. The first-order chi connectivity index (χ1) is 49.0. The fourth-order valence-corrected chi connectivity index (χ4v) is 19.8. The lowest BCUT2D eigenvalue weighted by Crippen LogP contribution is -2.66. The predicted octanol–water partition coefficient (Wildman–Crippen LogP) is 4.98. The molecule has 10 atom stereocenters. The Morgan fingerprint density at radius 2 is 0.748 bits per heavy atom. The van der Waals surface area contributed by atoms with E-state index in [2.05, 4.69) is 42.5 Å². The topological polar surface area (TPSA) is 363 Å². The van der Waals surface area contributed by atoms with Gasteiger partial charge in [-0.3, -0.25) is 47.9 Å². The van der Waals surface area contributed by atoms with Gasteiger partial charge in [0.2, 0.25) is 59.1 Å². The molecule has 566 valence electrons. The Hall–Kier alpha value is -7.68. The van der Waals surface area contributed by atoms with Crippen molar-refractivity contribution in [3.63, 3.8) is 0 Å². The number of hydrogen-bond acceptors (Lipinski definition) is 13. The van der Waals surface area contributed by atoms with Crippen molar-refractivity contribution >= 4 is 65.0 Å². The van der Waals surface area contributed by atoms with Crippen molar-refractivity contribution in [2.75, 3.05) is 26.2 Å². The van der Waals surface area contributed by atoms with Gasteiger partial charge < -0.3 is 68.9 Å². The molecule has 11 aliphatic rings. The zero-order chi connectivity index (χ0) is 74.1. The summed E-state index contributed by atoms with van der Waals surface area (Å²) in [7, 11) is 0. The van der Waals surface area contributed by atoms with Crippen molar-refractivity contribution in [3.05, 3.63) is 71.8 Å². The molecule has 10 amide bonds. The summed E-state index contributed by atoms with van der Waals surface area (Å²) in [5, 5.41) is 31.8. The van der Waals surface area contributed by atoms with Crippen molar-refractivity contribution in [2.24, 2.45) is 69.6 Å². The molecule has 3 saturated heterocycles. The van der Waals surface area contributed by atoms with Gasteiger partial charge in [-0.15, -0.1) is 0 Å². The highest BCUT2D eigenvalue weighted by Gasteiger charge is 2.59. The number of amides is 10. The zero-order valence-corrected chi connectivity index (χ0v) is 60.1. The maximum atomic E-state index is 15.6. The Morgan fingerprint density at radius 1 is 0.456 bits per heavy atom. The molecular weight excluding hydrogens is 1330 g/mol. The third-order valence-corrected chi connectivity index (χ3v) is 23.5. The Balaban J connectivity index is 0.00000155. The first-order valence-electron chi connectivity index (χ1n) is 37.9. The third kappa shape index (κ3) is 19.3. The van der Waals surface area contributed by atoms with Gasteiger partial charge in [-0.1, -0.05) is 88.4 Å². The van der Waals surface area contributed by atoms with Crippen molar-refractivity contribution in [1.29, 1.82) is 0 Å². The van der Waals surface area contributed by atoms with E-state index in [-0.39, 0.29) is 89.4 Å². The molecule has 0 radical (unpaired) electrons. The Bertz CT molecular complexity index is 3100. The largest absolute Gasteiger partial charge is 0.490 e. The van der Waals surface area contributed by atoms with Gasteiger partial charge in [-0.2, -0.15) is 13.2 Å². The van der Waals surface area contributed by atoms with Crippen LogP contribution in [0.15, 0.2) is 60.7 Å². The van der Waals surface area contributed by atoms with E-state index in [4.69, 9.17) is 21.4 Å². The fraction of sp³-hybridized carbons (Fsp3) is 0.697. The van der Waals surface area contributed by atoms with E-state index in [0.717, 1.165) is 49.7 Å². The first-order valence-corrected chi connectivity index (χ1v) is 37.9. The number of alkyl halides is 3. The van der Waals surface area contributed by atoms with Crippen LogP contribution in [0.5, 0.6) is 0 Å². The number of carboxylic acid groups (broad SMARTS) is 1. The number of nitrogens with two attached hydrogens (primary N) is 2. The molecule has 3 aliphatic heterocycles. The van der Waals surface area contributed by atoms with Crippen LogP contribution in [-0.2, 0) is 65.6 Å². The summed E-state index contributed by atoms with van der Waals surface area (Å²) >= 11 is 0. The van der Waals surface area contributed by atoms with E-state index in [1.165, 1.54) is 9.80 Å². The van der Waals surface area contributed by atoms with E-state index in [1.807, 2.05) is 88.4 Å². The van der Waals surface area contributed by atoms with Gasteiger partial charge in [-0.05, 0) is 213 Å². The van der Waals surface area contributed by atoms with Gasteiger partial charge in [-0.25, -0.2) is 4.79 Å². The summed E-state index contributed by atoms with van der Waals surface area (Å²) < 4.78 is 31.7. The molecule has 11 fully saturated rings. The zero-order valence-electron chi connectivity index (χ0n) is 60.1. The monoisotopic (exact) mass is 1440 g/mol. The molecule has 2 aromatic rings. The van der Waals surface area contributed by atoms with E-state index in [1.54, 1.807) is 0 Å². The molecule has 8 bridgehead atoms. The number of carbonyl (C=O) groups excluding carboxylic acids is 10. The van der Waals surface area contributed by atoms with Gasteiger partial charge >= 0.3 is 12.1 Å². The average Bonchev–Trinajstić information content (AvgIpc) is 1.15. The number of benzene rings is 2. The number of hydrogen-bond donors (Lipinski definition) is 11. The molecule has 27 heteroatoms. The van der Waals surface area contributed by atoms with Crippen molar-refractivity contribution in [1.82, 2.24) is 52.3 Å². The van der Waals surface area contributed by atoms with Crippen LogP contribution in [0.2, 0.25) is 0 Å². The Morgan fingerprint density at radius 3 is 1.04 bits per heavy atom. The molecule has 24 nitrogen and oxygen atoms in total. The minimum absolute atomic E-state index is 0.0521. The van der Waals surface area contributed by atoms with Crippen LogP contribution in [0.4, 0.5) is 13.2 Å². The highest BCUT2D eigenvalue weighted by molar-refractivity contribution is 6.00. The van der Waals surface area contributed by atoms with Crippen molar-refractivity contribution < 1.29 is 71.0 Å². The maximum absolute atomic E-state index is 15.6. The van der Waals surface area contributed by atoms with Crippen LogP contribution >= 0.6 is 0 Å². The number of nitrogens with one attached hydrogen (secondary N) is 8. The number of fused-ring (bicyclic) bond motifs is 2. The molecule has 2 aromatic carbocycles.